The van der Waals surface area contributed by atoms with Crippen molar-refractivity contribution in [2.24, 2.45) is 0 Å². The number of hydrogen-bond donors (Lipinski definition) is 3. The molecule has 2 heterocycles. The molecule has 1 aromatic carbocycles. The third-order valence-corrected chi connectivity index (χ3v) is 5.59. The summed E-state index contributed by atoms with van der Waals surface area (Å²) in [4.78, 5) is 23.2. The first-order valence-electron chi connectivity index (χ1n) is 5.78. The molecule has 0 fully saturated rings. The second-order valence-corrected chi connectivity index (χ2v) is 7.06. The van der Waals surface area contributed by atoms with Gasteiger partial charge in [-0.2, -0.15) is 0 Å². The van der Waals surface area contributed by atoms with E-state index in [1.807, 2.05) is 0 Å². The van der Waals surface area contributed by atoms with Crippen LogP contribution in [0.2, 0.25) is 0 Å². The van der Waals surface area contributed by atoms with Crippen LogP contribution in [0.3, 0.4) is 0 Å². The monoisotopic (exact) mass is 323 g/mol. The van der Waals surface area contributed by atoms with Gasteiger partial charge in [-0.3, -0.25) is 24.5 Å². The van der Waals surface area contributed by atoms with Gasteiger partial charge in [0, 0.05) is 5.69 Å². The fourth-order valence-electron chi connectivity index (χ4n) is 1.86. The summed E-state index contributed by atoms with van der Waals surface area (Å²) in [5.74, 6) is 0. The minimum Gasteiger partial charge on any atom is -0.279 e. The van der Waals surface area contributed by atoms with Crippen LogP contribution in [0.15, 0.2) is 49.5 Å². The zero-order valence-corrected chi connectivity index (χ0v) is 12.0. The molecule has 0 spiro atoms. The molecule has 0 radical (unpaired) electrons. The molecule has 0 amide bonds. The predicted molar refractivity (Wildman–Crippen MR) is 80.3 cm³/mol. The molecule has 108 valence electrons. The molecular weight excluding hydrogens is 314 g/mol. The average Bonchev–Trinajstić information content (AvgIpc) is 2.98. The van der Waals surface area contributed by atoms with Crippen molar-refractivity contribution in [1.29, 1.82) is 0 Å². The topological polar surface area (TPSA) is 112 Å². The summed E-state index contributed by atoms with van der Waals surface area (Å²) in [6, 6.07) is 7.27. The molecule has 21 heavy (non-hydrogen) atoms. The molecule has 0 saturated carbocycles. The molecule has 3 aromatic rings. The van der Waals surface area contributed by atoms with Crippen LogP contribution in [0.5, 0.6) is 0 Å². The van der Waals surface area contributed by atoms with E-state index in [0.29, 0.717) is 0 Å². The number of hydrogen-bond acceptors (Lipinski definition) is 5. The first-order valence-corrected chi connectivity index (χ1v) is 8.15. The van der Waals surface area contributed by atoms with Gasteiger partial charge in [0.2, 0.25) is 0 Å². The number of sulfonamides is 1. The van der Waals surface area contributed by atoms with Crippen LogP contribution >= 0.6 is 11.3 Å². The summed E-state index contributed by atoms with van der Waals surface area (Å²) >= 11 is 1.08. The SMILES string of the molecule is O=c1[nH][nH]c(=O)c2cc(NS(=O)(=O)c3cccs3)ccc12. The largest absolute Gasteiger partial charge is 0.279 e. The Kier molecular flexibility index (Phi) is 3.15. The van der Waals surface area contributed by atoms with E-state index >= 15 is 0 Å². The second kappa shape index (κ2) is 4.86. The Balaban J connectivity index is 2.09. The van der Waals surface area contributed by atoms with Crippen molar-refractivity contribution in [2.45, 2.75) is 4.21 Å². The van der Waals surface area contributed by atoms with Crippen LogP contribution in [0.25, 0.3) is 10.8 Å². The Hall–Kier alpha value is -2.39. The lowest BCUT2D eigenvalue weighted by atomic mass is 10.2. The number of aromatic amines is 2. The standard InChI is InChI=1S/C12H9N3O4S2/c16-11-8-4-3-7(6-9(8)12(17)14-13-11)15-21(18,19)10-2-1-5-20-10/h1-6,15H,(H,13,16)(H,14,17). The van der Waals surface area contributed by atoms with E-state index in [-0.39, 0.29) is 20.7 Å². The summed E-state index contributed by atoms with van der Waals surface area (Å²) in [5.41, 5.74) is -0.731. The van der Waals surface area contributed by atoms with Crippen molar-refractivity contribution in [3.8, 4) is 0 Å². The highest BCUT2D eigenvalue weighted by molar-refractivity contribution is 7.94. The molecule has 0 unspecified atom stereocenters. The normalized spacial score (nSPS) is 11.6. The first kappa shape index (κ1) is 13.6. The van der Waals surface area contributed by atoms with Gasteiger partial charge < -0.3 is 0 Å². The molecule has 0 saturated heterocycles. The number of aromatic nitrogens is 2. The first-order chi connectivity index (χ1) is 9.97. The lowest BCUT2D eigenvalue weighted by Crippen LogP contribution is -2.19. The maximum atomic E-state index is 12.1. The third kappa shape index (κ3) is 2.48. The lowest BCUT2D eigenvalue weighted by Gasteiger charge is -2.06. The summed E-state index contributed by atoms with van der Waals surface area (Å²) in [6.07, 6.45) is 0. The smallest absolute Gasteiger partial charge is 0.271 e. The Labute approximate surface area is 122 Å². The minimum atomic E-state index is -3.69. The zero-order valence-electron chi connectivity index (χ0n) is 10.4. The van der Waals surface area contributed by atoms with E-state index in [1.54, 1.807) is 11.4 Å². The Morgan fingerprint density at radius 1 is 1.00 bits per heavy atom. The number of anilines is 1. The van der Waals surface area contributed by atoms with Gasteiger partial charge in [-0.05, 0) is 29.6 Å². The van der Waals surface area contributed by atoms with Gasteiger partial charge in [-0.15, -0.1) is 11.3 Å². The zero-order chi connectivity index (χ0) is 15.0. The molecule has 0 aliphatic carbocycles. The van der Waals surface area contributed by atoms with E-state index in [9.17, 15) is 18.0 Å². The lowest BCUT2D eigenvalue weighted by molar-refractivity contribution is 0.603. The quantitative estimate of drug-likeness (QED) is 0.669. The molecular formula is C12H9N3O4S2. The van der Waals surface area contributed by atoms with Crippen LogP contribution < -0.4 is 15.8 Å². The Morgan fingerprint density at radius 3 is 2.38 bits per heavy atom. The second-order valence-electron chi connectivity index (χ2n) is 4.21. The van der Waals surface area contributed by atoms with Gasteiger partial charge in [-0.25, -0.2) is 8.42 Å². The van der Waals surface area contributed by atoms with E-state index in [1.165, 1.54) is 24.3 Å². The van der Waals surface area contributed by atoms with Gasteiger partial charge in [0.1, 0.15) is 4.21 Å². The van der Waals surface area contributed by atoms with Gasteiger partial charge in [-0.1, -0.05) is 6.07 Å². The third-order valence-electron chi connectivity index (χ3n) is 2.81. The highest BCUT2D eigenvalue weighted by Gasteiger charge is 2.15. The Morgan fingerprint density at radius 2 is 1.71 bits per heavy atom. The van der Waals surface area contributed by atoms with Gasteiger partial charge >= 0.3 is 0 Å². The van der Waals surface area contributed by atoms with E-state index in [2.05, 4.69) is 14.9 Å². The van der Waals surface area contributed by atoms with Gasteiger partial charge in [0.05, 0.1) is 10.8 Å². The van der Waals surface area contributed by atoms with Crippen LogP contribution in [0, 0.1) is 0 Å². The number of rotatable bonds is 3. The van der Waals surface area contributed by atoms with Crippen LogP contribution in [-0.4, -0.2) is 18.6 Å². The minimum absolute atomic E-state index is 0.116. The maximum Gasteiger partial charge on any atom is 0.271 e. The molecule has 0 atom stereocenters. The molecule has 3 rings (SSSR count). The van der Waals surface area contributed by atoms with Crippen molar-refractivity contribution in [3.63, 3.8) is 0 Å². The fourth-order valence-corrected chi connectivity index (χ4v) is 3.91. The fraction of sp³-hybridized carbons (Fsp3) is 0. The number of fused-ring (bicyclic) bond motifs is 1. The molecule has 2 aromatic heterocycles. The van der Waals surface area contributed by atoms with Crippen LogP contribution in [0.1, 0.15) is 0 Å². The number of thiophene rings is 1. The van der Waals surface area contributed by atoms with E-state index < -0.39 is 21.1 Å². The van der Waals surface area contributed by atoms with E-state index in [0.717, 1.165) is 11.3 Å². The number of H-pyrrole nitrogens is 2. The molecule has 9 heteroatoms. The van der Waals surface area contributed by atoms with Gasteiger partial charge in [0.25, 0.3) is 21.1 Å². The average molecular weight is 323 g/mol. The maximum absolute atomic E-state index is 12.1. The molecule has 3 N–H and O–H groups in total. The van der Waals surface area contributed by atoms with Crippen LogP contribution in [0.4, 0.5) is 5.69 Å². The molecule has 0 aliphatic rings. The van der Waals surface area contributed by atoms with Crippen molar-refractivity contribution in [2.75, 3.05) is 4.72 Å². The molecule has 0 bridgehead atoms. The highest BCUT2D eigenvalue weighted by Crippen LogP contribution is 2.21. The highest BCUT2D eigenvalue weighted by atomic mass is 32.2. The van der Waals surface area contributed by atoms with Crippen molar-refractivity contribution >= 4 is 37.8 Å². The Bertz CT molecular complexity index is 1020. The molecule has 7 nitrogen and oxygen atoms in total. The number of nitrogens with one attached hydrogen (secondary N) is 3. The van der Waals surface area contributed by atoms with Gasteiger partial charge in [0.15, 0.2) is 0 Å². The van der Waals surface area contributed by atoms with Crippen molar-refractivity contribution < 1.29 is 8.42 Å². The van der Waals surface area contributed by atoms with Crippen LogP contribution in [-0.2, 0) is 10.0 Å². The van der Waals surface area contributed by atoms with Crippen molar-refractivity contribution in [3.05, 3.63) is 56.4 Å². The summed E-state index contributed by atoms with van der Waals surface area (Å²) < 4.78 is 26.7. The summed E-state index contributed by atoms with van der Waals surface area (Å²) in [5, 5.41) is 6.35. The molecule has 0 aliphatic heterocycles. The summed E-state index contributed by atoms with van der Waals surface area (Å²) in [7, 11) is -3.69. The summed E-state index contributed by atoms with van der Waals surface area (Å²) in [6.45, 7) is 0. The number of benzene rings is 1. The van der Waals surface area contributed by atoms with E-state index in [4.69, 9.17) is 0 Å². The predicted octanol–water partition coefficient (Wildman–Crippen LogP) is 1.08. The van der Waals surface area contributed by atoms with Crippen molar-refractivity contribution in [1.82, 2.24) is 10.2 Å².